The zero-order valence-corrected chi connectivity index (χ0v) is 11.7. The van der Waals surface area contributed by atoms with Gasteiger partial charge in [-0.2, -0.15) is 5.10 Å². The molecule has 0 radical (unpaired) electrons. The van der Waals surface area contributed by atoms with Gasteiger partial charge in [0, 0.05) is 24.7 Å². The van der Waals surface area contributed by atoms with Crippen LogP contribution in [0, 0.1) is 0 Å². The van der Waals surface area contributed by atoms with E-state index in [-0.39, 0.29) is 12.1 Å². The highest BCUT2D eigenvalue weighted by Crippen LogP contribution is 2.31. The van der Waals surface area contributed by atoms with E-state index in [1.54, 1.807) is 33.4 Å². The lowest BCUT2D eigenvalue weighted by Crippen LogP contribution is -2.25. The lowest BCUT2D eigenvalue weighted by molar-refractivity contribution is 0.355. The lowest BCUT2D eigenvalue weighted by atomic mass is 10.1. The summed E-state index contributed by atoms with van der Waals surface area (Å²) in [6, 6.07) is 7.16. The lowest BCUT2D eigenvalue weighted by Gasteiger charge is -2.10. The molecule has 2 aromatic rings. The summed E-state index contributed by atoms with van der Waals surface area (Å²) in [6.07, 6.45) is 0. The van der Waals surface area contributed by atoms with Crippen molar-refractivity contribution in [1.29, 1.82) is 0 Å². The van der Waals surface area contributed by atoms with Crippen LogP contribution in [0.1, 0.15) is 5.56 Å². The Morgan fingerprint density at radius 1 is 1.20 bits per heavy atom. The van der Waals surface area contributed by atoms with E-state index in [1.807, 2.05) is 12.1 Å². The summed E-state index contributed by atoms with van der Waals surface area (Å²) in [6.45, 7) is 0.176. The summed E-state index contributed by atoms with van der Waals surface area (Å²) < 4.78 is 11.7. The minimum Gasteiger partial charge on any atom is -0.493 e. The number of benzene rings is 1. The molecule has 0 bridgehead atoms. The van der Waals surface area contributed by atoms with Gasteiger partial charge in [-0.15, -0.1) is 0 Å². The molecule has 0 atom stereocenters. The maximum atomic E-state index is 11.8. The van der Waals surface area contributed by atoms with E-state index >= 15 is 0 Å². The second-order valence-electron chi connectivity index (χ2n) is 4.26. The topological polar surface area (TPSA) is 79.4 Å². The van der Waals surface area contributed by atoms with Gasteiger partial charge in [0.15, 0.2) is 11.5 Å². The standard InChI is InChI=1S/C14H17N3O3/c1-17-14(18)10(8-15)6-11(16-17)9-4-5-12(19-2)13(7-9)20-3/h4-7H,8,15H2,1-3H3. The Kier molecular flexibility index (Phi) is 4.05. The average Bonchev–Trinajstić information content (AvgIpc) is 2.49. The Morgan fingerprint density at radius 2 is 1.90 bits per heavy atom. The van der Waals surface area contributed by atoms with E-state index in [0.29, 0.717) is 22.8 Å². The van der Waals surface area contributed by atoms with Crippen LogP contribution in [-0.2, 0) is 13.6 Å². The molecular formula is C14H17N3O3. The summed E-state index contributed by atoms with van der Waals surface area (Å²) in [5.41, 5.74) is 7.41. The third-order valence-electron chi connectivity index (χ3n) is 3.04. The van der Waals surface area contributed by atoms with Gasteiger partial charge in [-0.1, -0.05) is 0 Å². The Morgan fingerprint density at radius 3 is 2.50 bits per heavy atom. The van der Waals surface area contributed by atoms with Crippen LogP contribution in [0.3, 0.4) is 0 Å². The Hall–Kier alpha value is -2.34. The molecule has 1 aromatic carbocycles. The number of aryl methyl sites for hydroxylation is 1. The van der Waals surface area contributed by atoms with E-state index in [0.717, 1.165) is 5.56 Å². The zero-order chi connectivity index (χ0) is 14.7. The van der Waals surface area contributed by atoms with E-state index in [4.69, 9.17) is 15.2 Å². The molecule has 6 nitrogen and oxygen atoms in total. The van der Waals surface area contributed by atoms with E-state index in [9.17, 15) is 4.79 Å². The summed E-state index contributed by atoms with van der Waals surface area (Å²) in [5, 5.41) is 4.23. The molecule has 0 aliphatic rings. The fourth-order valence-electron chi connectivity index (χ4n) is 1.95. The number of nitrogens with zero attached hydrogens (tertiary/aromatic N) is 2. The van der Waals surface area contributed by atoms with Gasteiger partial charge in [-0.05, 0) is 24.3 Å². The molecule has 1 aromatic heterocycles. The van der Waals surface area contributed by atoms with Crippen LogP contribution in [0.2, 0.25) is 0 Å². The fourth-order valence-corrected chi connectivity index (χ4v) is 1.95. The van der Waals surface area contributed by atoms with Crippen molar-refractivity contribution in [3.05, 3.63) is 40.2 Å². The Labute approximate surface area is 116 Å². The second kappa shape index (κ2) is 5.75. The third kappa shape index (κ3) is 2.50. The first-order chi connectivity index (χ1) is 9.60. The first kappa shape index (κ1) is 14.1. The molecule has 0 amide bonds. The quantitative estimate of drug-likeness (QED) is 0.897. The Balaban J connectivity index is 2.57. The molecule has 0 aliphatic carbocycles. The van der Waals surface area contributed by atoms with Crippen molar-refractivity contribution in [1.82, 2.24) is 9.78 Å². The molecular weight excluding hydrogens is 258 g/mol. The summed E-state index contributed by atoms with van der Waals surface area (Å²) in [7, 11) is 4.75. The maximum absolute atomic E-state index is 11.8. The maximum Gasteiger partial charge on any atom is 0.271 e. The van der Waals surface area contributed by atoms with Crippen molar-refractivity contribution in [3.63, 3.8) is 0 Å². The van der Waals surface area contributed by atoms with Crippen molar-refractivity contribution < 1.29 is 9.47 Å². The number of ether oxygens (including phenoxy) is 2. The fraction of sp³-hybridized carbons (Fsp3) is 0.286. The SMILES string of the molecule is COc1ccc(-c2cc(CN)c(=O)n(C)n2)cc1OC. The minimum atomic E-state index is -0.184. The molecule has 20 heavy (non-hydrogen) atoms. The van der Waals surface area contributed by atoms with Gasteiger partial charge in [0.1, 0.15) is 0 Å². The van der Waals surface area contributed by atoms with E-state index in [2.05, 4.69) is 5.10 Å². The Bertz CT molecular complexity index is 680. The predicted octanol–water partition coefficient (Wildman–Crippen LogP) is 0.923. The van der Waals surface area contributed by atoms with E-state index in [1.165, 1.54) is 4.68 Å². The number of hydrogen-bond acceptors (Lipinski definition) is 5. The molecule has 1 heterocycles. The molecule has 0 saturated heterocycles. The molecule has 0 fully saturated rings. The average molecular weight is 275 g/mol. The van der Waals surface area contributed by atoms with Gasteiger partial charge in [0.05, 0.1) is 19.9 Å². The van der Waals surface area contributed by atoms with Crippen molar-refractivity contribution in [2.45, 2.75) is 6.54 Å². The largest absolute Gasteiger partial charge is 0.493 e. The van der Waals surface area contributed by atoms with Gasteiger partial charge in [0.2, 0.25) is 0 Å². The number of hydrogen-bond donors (Lipinski definition) is 1. The molecule has 0 aliphatic heterocycles. The van der Waals surface area contributed by atoms with Crippen LogP contribution >= 0.6 is 0 Å². The number of aromatic nitrogens is 2. The number of nitrogens with two attached hydrogens (primary N) is 1. The van der Waals surface area contributed by atoms with Crippen LogP contribution in [0.15, 0.2) is 29.1 Å². The van der Waals surface area contributed by atoms with Crippen LogP contribution in [0.4, 0.5) is 0 Å². The predicted molar refractivity (Wildman–Crippen MR) is 75.9 cm³/mol. The van der Waals surface area contributed by atoms with Gasteiger partial charge < -0.3 is 15.2 Å². The van der Waals surface area contributed by atoms with Crippen molar-refractivity contribution in [3.8, 4) is 22.8 Å². The molecule has 0 spiro atoms. The van der Waals surface area contributed by atoms with Crippen molar-refractivity contribution >= 4 is 0 Å². The first-order valence-electron chi connectivity index (χ1n) is 6.10. The summed E-state index contributed by atoms with van der Waals surface area (Å²) in [4.78, 5) is 11.8. The van der Waals surface area contributed by atoms with Gasteiger partial charge >= 0.3 is 0 Å². The normalized spacial score (nSPS) is 10.4. The summed E-state index contributed by atoms with van der Waals surface area (Å²) >= 11 is 0. The van der Waals surface area contributed by atoms with Gasteiger partial charge in [-0.25, -0.2) is 4.68 Å². The number of methoxy groups -OCH3 is 2. The second-order valence-corrected chi connectivity index (χ2v) is 4.26. The van der Waals surface area contributed by atoms with Crippen LogP contribution < -0.4 is 20.8 Å². The van der Waals surface area contributed by atoms with Crippen molar-refractivity contribution in [2.75, 3.05) is 14.2 Å². The van der Waals surface area contributed by atoms with Crippen LogP contribution in [0.25, 0.3) is 11.3 Å². The molecule has 0 unspecified atom stereocenters. The highest BCUT2D eigenvalue weighted by atomic mass is 16.5. The zero-order valence-electron chi connectivity index (χ0n) is 11.7. The molecule has 0 saturated carbocycles. The third-order valence-corrected chi connectivity index (χ3v) is 3.04. The van der Waals surface area contributed by atoms with Crippen molar-refractivity contribution in [2.24, 2.45) is 12.8 Å². The molecule has 106 valence electrons. The molecule has 2 N–H and O–H groups in total. The van der Waals surface area contributed by atoms with E-state index < -0.39 is 0 Å². The highest BCUT2D eigenvalue weighted by molar-refractivity contribution is 5.64. The molecule has 6 heteroatoms. The van der Waals surface area contributed by atoms with Crippen LogP contribution in [-0.4, -0.2) is 24.0 Å². The first-order valence-corrected chi connectivity index (χ1v) is 6.10. The molecule has 2 rings (SSSR count). The van der Waals surface area contributed by atoms with Crippen LogP contribution in [0.5, 0.6) is 11.5 Å². The van der Waals surface area contributed by atoms with Gasteiger partial charge in [0.25, 0.3) is 5.56 Å². The van der Waals surface area contributed by atoms with Gasteiger partial charge in [-0.3, -0.25) is 4.79 Å². The smallest absolute Gasteiger partial charge is 0.271 e. The summed E-state index contributed by atoms with van der Waals surface area (Å²) in [5.74, 6) is 1.25. The monoisotopic (exact) mass is 275 g/mol. The minimum absolute atomic E-state index is 0.176. The number of rotatable bonds is 4. The highest BCUT2D eigenvalue weighted by Gasteiger charge is 2.10.